The average molecular weight is 553 g/mol. The smallest absolute Gasteiger partial charge is 0.253 e. The fraction of sp³-hybridized carbons (Fsp3) is 0.382. The summed E-state index contributed by atoms with van der Waals surface area (Å²) in [6.45, 7) is 5.47. The lowest BCUT2D eigenvalue weighted by Gasteiger charge is -2.43. The molecule has 2 heterocycles. The largest absolute Gasteiger partial charge is 0.339 e. The third-order valence-electron chi connectivity index (χ3n) is 8.40. The predicted octanol–water partition coefficient (Wildman–Crippen LogP) is 5.65. The van der Waals surface area contributed by atoms with Crippen molar-refractivity contribution < 1.29 is 14.4 Å². The number of hydrogen-bond acceptors (Lipinski definition) is 4. The van der Waals surface area contributed by atoms with Gasteiger partial charge < -0.3 is 20.0 Å². The van der Waals surface area contributed by atoms with Gasteiger partial charge in [0.15, 0.2) is 0 Å². The summed E-state index contributed by atoms with van der Waals surface area (Å²) in [5.41, 5.74) is 3.93. The van der Waals surface area contributed by atoms with Gasteiger partial charge in [-0.1, -0.05) is 67.8 Å². The van der Waals surface area contributed by atoms with Gasteiger partial charge in [-0.15, -0.1) is 0 Å². The second kappa shape index (κ2) is 12.6. The van der Waals surface area contributed by atoms with Gasteiger partial charge in [0.25, 0.3) is 11.8 Å². The molecule has 3 aromatic carbocycles. The van der Waals surface area contributed by atoms with Crippen molar-refractivity contribution in [2.45, 2.75) is 57.9 Å². The van der Waals surface area contributed by atoms with Crippen LogP contribution in [0, 0.1) is 6.92 Å². The van der Waals surface area contributed by atoms with Gasteiger partial charge in [0.2, 0.25) is 5.91 Å². The Morgan fingerprint density at radius 3 is 2.22 bits per heavy atom. The van der Waals surface area contributed by atoms with Crippen LogP contribution < -0.4 is 10.2 Å². The molecule has 0 bridgehead atoms. The van der Waals surface area contributed by atoms with E-state index < -0.39 is 5.54 Å². The normalized spacial score (nSPS) is 16.3. The van der Waals surface area contributed by atoms with Crippen LogP contribution in [-0.4, -0.2) is 59.4 Å². The molecule has 0 atom stereocenters. The number of aryl methyl sites for hydroxylation is 2. The molecule has 3 aromatic rings. The lowest BCUT2D eigenvalue weighted by atomic mass is 9.85. The fourth-order valence-corrected chi connectivity index (χ4v) is 5.99. The number of carbonyl (C=O) groups is 3. The van der Waals surface area contributed by atoms with Crippen molar-refractivity contribution in [2.24, 2.45) is 0 Å². The molecule has 1 spiro atoms. The Bertz CT molecular complexity index is 1350. The molecule has 0 aliphatic carbocycles. The first kappa shape index (κ1) is 28.4. The molecule has 1 N–H and O–H groups in total. The first-order chi connectivity index (χ1) is 19.9. The summed E-state index contributed by atoms with van der Waals surface area (Å²) >= 11 is 0. The van der Waals surface area contributed by atoms with Crippen LogP contribution in [0.15, 0.2) is 78.9 Å². The van der Waals surface area contributed by atoms with Crippen LogP contribution in [0.2, 0.25) is 0 Å². The van der Waals surface area contributed by atoms with E-state index in [1.807, 2.05) is 78.6 Å². The van der Waals surface area contributed by atoms with Gasteiger partial charge in [0.05, 0.1) is 6.67 Å². The zero-order valence-corrected chi connectivity index (χ0v) is 24.1. The summed E-state index contributed by atoms with van der Waals surface area (Å²) in [4.78, 5) is 45.9. The molecule has 5 rings (SSSR count). The Morgan fingerprint density at radius 2 is 1.56 bits per heavy atom. The van der Waals surface area contributed by atoms with Crippen molar-refractivity contribution in [3.05, 3.63) is 95.6 Å². The molecule has 41 heavy (non-hydrogen) atoms. The topological polar surface area (TPSA) is 73.0 Å². The monoisotopic (exact) mass is 552 g/mol. The number of anilines is 2. The van der Waals surface area contributed by atoms with E-state index in [1.165, 1.54) is 18.4 Å². The maximum absolute atomic E-state index is 14.0. The third-order valence-corrected chi connectivity index (χ3v) is 8.40. The number of para-hydroxylation sites is 1. The Labute approximate surface area is 243 Å². The first-order valence-electron chi connectivity index (χ1n) is 14.8. The van der Waals surface area contributed by atoms with E-state index in [0.29, 0.717) is 43.9 Å². The number of piperidine rings is 1. The number of hydrogen-bond donors (Lipinski definition) is 1. The summed E-state index contributed by atoms with van der Waals surface area (Å²) in [5, 5.41) is 2.92. The molecular formula is C34H40N4O3. The lowest BCUT2D eigenvalue weighted by molar-refractivity contribution is -0.136. The highest BCUT2D eigenvalue weighted by molar-refractivity contribution is 6.00. The second-order valence-corrected chi connectivity index (χ2v) is 11.3. The minimum Gasteiger partial charge on any atom is -0.339 e. The predicted molar refractivity (Wildman–Crippen MR) is 163 cm³/mol. The van der Waals surface area contributed by atoms with Gasteiger partial charge in [-0.3, -0.25) is 14.4 Å². The Morgan fingerprint density at radius 1 is 0.878 bits per heavy atom. The highest BCUT2D eigenvalue weighted by Gasteiger charge is 2.54. The molecule has 2 fully saturated rings. The molecule has 2 aliphatic rings. The molecule has 7 nitrogen and oxygen atoms in total. The van der Waals surface area contributed by atoms with Crippen molar-refractivity contribution in [3.8, 4) is 0 Å². The van der Waals surface area contributed by atoms with Crippen LogP contribution in [0.5, 0.6) is 0 Å². The maximum Gasteiger partial charge on any atom is 0.253 e. The van der Waals surface area contributed by atoms with E-state index in [2.05, 4.69) is 29.3 Å². The number of unbranched alkanes of at least 4 members (excludes halogenated alkanes) is 2. The van der Waals surface area contributed by atoms with Crippen molar-refractivity contribution in [2.75, 3.05) is 36.5 Å². The third kappa shape index (κ3) is 6.29. The van der Waals surface area contributed by atoms with E-state index in [0.717, 1.165) is 24.1 Å². The van der Waals surface area contributed by atoms with E-state index in [1.54, 1.807) is 4.90 Å². The summed E-state index contributed by atoms with van der Waals surface area (Å²) < 4.78 is 0. The molecule has 3 amide bonds. The van der Waals surface area contributed by atoms with Crippen LogP contribution in [0.25, 0.3) is 0 Å². The van der Waals surface area contributed by atoms with Gasteiger partial charge in [-0.2, -0.15) is 0 Å². The molecule has 0 unspecified atom stereocenters. The number of benzene rings is 3. The van der Waals surface area contributed by atoms with Crippen molar-refractivity contribution in [3.63, 3.8) is 0 Å². The maximum atomic E-state index is 14.0. The number of carbonyl (C=O) groups excluding carboxylic acids is 3. The van der Waals surface area contributed by atoms with Gasteiger partial charge in [0, 0.05) is 30.0 Å². The van der Waals surface area contributed by atoms with Gasteiger partial charge in [-0.25, -0.2) is 0 Å². The molecule has 7 heteroatoms. The standard InChI is InChI=1S/C34H40N4O3/c1-3-4-6-9-27-14-16-28(17-15-27)32(40)36-22-20-34(21-23-36)33(41)37(25-38(34)30-10-7-5-8-11-30)24-31(39)35-29-18-12-26(2)13-19-29/h5,7-8,10-19H,3-4,6,9,20-25H2,1-2H3,(H,35,39). The number of nitrogens with zero attached hydrogens (tertiary/aromatic N) is 3. The van der Waals surface area contributed by atoms with Crippen molar-refractivity contribution in [1.82, 2.24) is 9.80 Å². The average Bonchev–Trinajstić information content (AvgIpc) is 3.25. The highest BCUT2D eigenvalue weighted by atomic mass is 16.2. The van der Waals surface area contributed by atoms with Gasteiger partial charge >= 0.3 is 0 Å². The summed E-state index contributed by atoms with van der Waals surface area (Å²) in [7, 11) is 0. The Hall–Kier alpha value is -4.13. The lowest BCUT2D eigenvalue weighted by Crippen LogP contribution is -2.57. The van der Waals surface area contributed by atoms with Crippen molar-refractivity contribution in [1.29, 1.82) is 0 Å². The number of nitrogens with one attached hydrogen (secondary N) is 1. The number of amides is 3. The summed E-state index contributed by atoms with van der Waals surface area (Å²) in [6, 6.07) is 25.5. The number of rotatable bonds is 9. The minimum atomic E-state index is -0.786. The van der Waals surface area contributed by atoms with Crippen LogP contribution in [0.4, 0.5) is 11.4 Å². The van der Waals surface area contributed by atoms with Gasteiger partial charge in [0.1, 0.15) is 12.1 Å². The highest BCUT2D eigenvalue weighted by Crippen LogP contribution is 2.39. The second-order valence-electron chi connectivity index (χ2n) is 11.3. The minimum absolute atomic E-state index is 0.00555. The zero-order chi connectivity index (χ0) is 28.8. The van der Waals surface area contributed by atoms with Crippen molar-refractivity contribution >= 4 is 29.1 Å². The van der Waals surface area contributed by atoms with E-state index in [4.69, 9.17) is 0 Å². The molecule has 2 saturated heterocycles. The van der Waals surface area contributed by atoms with E-state index in [-0.39, 0.29) is 24.3 Å². The first-order valence-corrected chi connectivity index (χ1v) is 14.8. The molecule has 214 valence electrons. The zero-order valence-electron chi connectivity index (χ0n) is 24.1. The molecule has 0 aromatic heterocycles. The Balaban J connectivity index is 1.27. The fourth-order valence-electron chi connectivity index (χ4n) is 5.99. The molecular weight excluding hydrogens is 512 g/mol. The van der Waals surface area contributed by atoms with Gasteiger partial charge in [-0.05, 0) is 74.6 Å². The van der Waals surface area contributed by atoms with Crippen LogP contribution in [0.3, 0.4) is 0 Å². The quantitative estimate of drug-likeness (QED) is 0.349. The summed E-state index contributed by atoms with van der Waals surface area (Å²) in [6.07, 6.45) is 5.62. The van der Waals surface area contributed by atoms with Crippen LogP contribution >= 0.6 is 0 Å². The molecule has 0 radical (unpaired) electrons. The molecule has 0 saturated carbocycles. The Kier molecular flexibility index (Phi) is 8.72. The van der Waals surface area contributed by atoms with Crippen LogP contribution in [0.1, 0.15) is 60.5 Å². The van der Waals surface area contributed by atoms with Crippen LogP contribution in [-0.2, 0) is 16.0 Å². The number of likely N-dealkylation sites (tertiary alicyclic amines) is 1. The van der Waals surface area contributed by atoms with E-state index >= 15 is 0 Å². The molecule has 2 aliphatic heterocycles. The van der Waals surface area contributed by atoms with E-state index in [9.17, 15) is 14.4 Å². The summed E-state index contributed by atoms with van der Waals surface area (Å²) in [5.74, 6) is -0.270. The SMILES string of the molecule is CCCCCc1ccc(C(=O)N2CCC3(CC2)C(=O)N(CC(=O)Nc2ccc(C)cc2)CN3c2ccccc2)cc1.